The average molecular weight is 528 g/mol. The van der Waals surface area contributed by atoms with Gasteiger partial charge in [-0.2, -0.15) is 0 Å². The Morgan fingerprint density at radius 1 is 1.18 bits per heavy atom. The molecule has 0 aliphatic heterocycles. The number of fused-ring (bicyclic) bond motifs is 3. The lowest BCUT2D eigenvalue weighted by atomic mass is 9.58. The van der Waals surface area contributed by atoms with E-state index in [4.69, 9.17) is 5.73 Å². The molecule has 1 aromatic rings. The van der Waals surface area contributed by atoms with Crippen LogP contribution >= 0.6 is 0 Å². The predicted octanol–water partition coefficient (Wildman–Crippen LogP) is 1.60. The lowest BCUT2D eigenvalue weighted by Gasteiger charge is -2.50. The Labute approximate surface area is 222 Å². The molecule has 10 heteroatoms. The molecule has 0 heterocycles. The van der Waals surface area contributed by atoms with Crippen LogP contribution in [0.4, 0.5) is 0 Å². The van der Waals surface area contributed by atoms with E-state index in [2.05, 4.69) is 25.7 Å². The zero-order valence-corrected chi connectivity index (χ0v) is 22.5. The van der Waals surface area contributed by atoms with Crippen LogP contribution in [0.3, 0.4) is 0 Å². The van der Waals surface area contributed by atoms with E-state index in [0.717, 1.165) is 18.7 Å². The molecule has 206 valence electrons. The van der Waals surface area contributed by atoms with E-state index in [-0.39, 0.29) is 29.7 Å². The smallest absolute Gasteiger partial charge is 0.255 e. The number of aromatic hydroxyl groups is 1. The number of hydrogen-bond donors (Lipinski definition) is 5. The molecule has 6 N–H and O–H groups in total. The zero-order chi connectivity index (χ0) is 28.3. The molecule has 0 radical (unpaired) electrons. The first-order valence-corrected chi connectivity index (χ1v) is 13.0. The number of ketones is 2. The number of allylic oxidation sites excluding steroid dienone is 1. The Morgan fingerprint density at radius 3 is 2.39 bits per heavy atom. The molecule has 0 spiro atoms. The van der Waals surface area contributed by atoms with Crippen molar-refractivity contribution in [2.75, 3.05) is 27.2 Å². The Hall–Kier alpha value is -3.21. The van der Waals surface area contributed by atoms with Crippen LogP contribution in [0, 0.1) is 17.8 Å². The van der Waals surface area contributed by atoms with E-state index in [0.29, 0.717) is 18.0 Å². The van der Waals surface area contributed by atoms with Gasteiger partial charge in [0, 0.05) is 24.6 Å². The number of primary amides is 1. The van der Waals surface area contributed by atoms with Crippen molar-refractivity contribution in [2.24, 2.45) is 23.5 Å². The minimum Gasteiger partial charge on any atom is -0.510 e. The Bertz CT molecular complexity index is 1270. The first-order chi connectivity index (χ1) is 17.7. The summed E-state index contributed by atoms with van der Waals surface area (Å²) in [4.78, 5) is 43.0. The fourth-order valence-corrected chi connectivity index (χ4v) is 6.53. The highest BCUT2D eigenvalue weighted by atomic mass is 16.3. The third-order valence-electron chi connectivity index (χ3n) is 8.17. The number of benzene rings is 1. The molecule has 3 aliphatic rings. The molecule has 0 fully saturated rings. The van der Waals surface area contributed by atoms with E-state index in [1.165, 1.54) is 6.07 Å². The van der Waals surface area contributed by atoms with Crippen LogP contribution in [-0.2, 0) is 22.6 Å². The Kier molecular flexibility index (Phi) is 7.20. The van der Waals surface area contributed by atoms with Gasteiger partial charge in [-0.1, -0.05) is 26.8 Å². The maximum atomic E-state index is 13.8. The second-order valence-corrected chi connectivity index (χ2v) is 11.3. The summed E-state index contributed by atoms with van der Waals surface area (Å²) in [5, 5.41) is 44.6. The van der Waals surface area contributed by atoms with E-state index >= 15 is 0 Å². The summed E-state index contributed by atoms with van der Waals surface area (Å²) in [7, 11) is 3.22. The molecule has 0 unspecified atom stereocenters. The lowest BCUT2D eigenvalue weighted by molar-refractivity contribution is -0.148. The van der Waals surface area contributed by atoms with Gasteiger partial charge in [0.05, 0.1) is 11.6 Å². The van der Waals surface area contributed by atoms with Crippen LogP contribution in [0.1, 0.15) is 48.7 Å². The number of likely N-dealkylation sites (N-methyl/N-ethyl adjacent to an activating group) is 1. The van der Waals surface area contributed by atoms with Gasteiger partial charge in [-0.25, -0.2) is 0 Å². The molecule has 0 saturated heterocycles. The van der Waals surface area contributed by atoms with Gasteiger partial charge in [-0.05, 0) is 62.5 Å². The highest BCUT2D eigenvalue weighted by Gasteiger charge is 2.63. The van der Waals surface area contributed by atoms with Crippen LogP contribution in [0.15, 0.2) is 34.8 Å². The molecule has 0 aromatic heterocycles. The molecule has 1 aromatic carbocycles. The van der Waals surface area contributed by atoms with Crippen molar-refractivity contribution in [3.8, 4) is 5.75 Å². The fourth-order valence-electron chi connectivity index (χ4n) is 6.53. The van der Waals surface area contributed by atoms with Gasteiger partial charge in [-0.3, -0.25) is 24.2 Å². The zero-order valence-electron chi connectivity index (χ0n) is 22.5. The monoisotopic (exact) mass is 527 g/mol. The predicted molar refractivity (Wildman–Crippen MR) is 139 cm³/mol. The van der Waals surface area contributed by atoms with E-state index < -0.39 is 58.0 Å². The third-order valence-corrected chi connectivity index (χ3v) is 8.17. The van der Waals surface area contributed by atoms with Gasteiger partial charge < -0.3 is 26.2 Å². The summed E-state index contributed by atoms with van der Waals surface area (Å²) in [5.41, 5.74) is 3.38. The number of rotatable bonds is 7. The van der Waals surface area contributed by atoms with Crippen molar-refractivity contribution < 1.29 is 34.8 Å². The van der Waals surface area contributed by atoms with Gasteiger partial charge in [0.1, 0.15) is 22.8 Å². The van der Waals surface area contributed by atoms with Crippen molar-refractivity contribution in [1.82, 2.24) is 9.80 Å². The van der Waals surface area contributed by atoms with Crippen molar-refractivity contribution in [2.45, 2.75) is 51.8 Å². The highest BCUT2D eigenvalue weighted by molar-refractivity contribution is 6.24. The van der Waals surface area contributed by atoms with Crippen molar-refractivity contribution in [3.05, 3.63) is 51.5 Å². The normalized spacial score (nSPS) is 27.2. The first-order valence-electron chi connectivity index (χ1n) is 13.0. The van der Waals surface area contributed by atoms with E-state index in [9.17, 15) is 34.8 Å². The molecule has 10 nitrogen and oxygen atoms in total. The number of phenolic OH excluding ortho intramolecular Hbond substituents is 1. The summed E-state index contributed by atoms with van der Waals surface area (Å²) in [5.74, 6) is -6.00. The van der Waals surface area contributed by atoms with Gasteiger partial charge in [0.15, 0.2) is 11.4 Å². The van der Waals surface area contributed by atoms with Crippen molar-refractivity contribution in [1.29, 1.82) is 0 Å². The number of hydrogen-bond acceptors (Lipinski definition) is 9. The second-order valence-electron chi connectivity index (χ2n) is 11.3. The number of nitrogens with two attached hydrogens (primary N) is 1. The molecule has 1 amide bonds. The molecular formula is C28H37N3O7. The summed E-state index contributed by atoms with van der Waals surface area (Å²) >= 11 is 0. The summed E-state index contributed by atoms with van der Waals surface area (Å²) in [6.45, 7) is 8.53. The highest BCUT2D eigenvalue weighted by Crippen LogP contribution is 2.52. The number of aliphatic hydroxyl groups is 3. The number of carbonyl (C=O) groups is 3. The topological polar surface area (TPSA) is 165 Å². The quantitative estimate of drug-likeness (QED) is 0.331. The van der Waals surface area contributed by atoms with Crippen LogP contribution in [0.25, 0.3) is 0 Å². The minimum absolute atomic E-state index is 0.0453. The van der Waals surface area contributed by atoms with Gasteiger partial charge in [-0.15, -0.1) is 0 Å². The summed E-state index contributed by atoms with van der Waals surface area (Å²) in [6.07, 6.45) is 0.363. The van der Waals surface area contributed by atoms with Crippen LogP contribution in [-0.4, -0.2) is 86.5 Å². The standard InChI is InChI=1S/C28H37N3O7/c1-6-31(11-13(2)3)12-14-7-8-18(32)20-16(14)9-15-10-17-22(30(4)5)24(34)21(27(29)37)26(36)28(17,38)25(35)19(15)23(20)33/h7-8,13,15,17,22,32,34-35,38H,6,9-12H2,1-5H3,(H2,29,37)/t15-,17-,22-,28-/m0/s1. The summed E-state index contributed by atoms with van der Waals surface area (Å²) < 4.78 is 0. The fraction of sp³-hybridized carbons (Fsp3) is 0.536. The van der Waals surface area contributed by atoms with Crippen molar-refractivity contribution in [3.63, 3.8) is 0 Å². The van der Waals surface area contributed by atoms with E-state index in [1.54, 1.807) is 25.1 Å². The molecule has 4 rings (SSSR count). The molecule has 4 atom stereocenters. The number of amides is 1. The van der Waals surface area contributed by atoms with Gasteiger partial charge >= 0.3 is 0 Å². The number of nitrogens with zero attached hydrogens (tertiary/aromatic N) is 2. The SMILES string of the molecule is CCN(Cc1ccc(O)c2c1C[C@H]1C[C@H]3[C@H](N(C)C)C(O)=C(C(N)=O)C(=O)[C@@]3(O)C(O)=C1C2=O)CC(C)C. The summed E-state index contributed by atoms with van der Waals surface area (Å²) in [6, 6.07) is 2.25. The largest absolute Gasteiger partial charge is 0.510 e. The maximum absolute atomic E-state index is 13.8. The molecule has 3 aliphatic carbocycles. The molecule has 0 saturated carbocycles. The number of carbonyl (C=O) groups excluding carboxylic acids is 3. The van der Waals surface area contributed by atoms with Crippen molar-refractivity contribution >= 4 is 17.5 Å². The van der Waals surface area contributed by atoms with E-state index in [1.807, 2.05) is 0 Å². The molecular weight excluding hydrogens is 490 g/mol. The average Bonchev–Trinajstić information content (AvgIpc) is 2.81. The van der Waals surface area contributed by atoms with Gasteiger partial charge in [0.25, 0.3) is 5.91 Å². The van der Waals surface area contributed by atoms with Crippen LogP contribution < -0.4 is 5.73 Å². The molecule has 38 heavy (non-hydrogen) atoms. The third kappa shape index (κ3) is 4.11. The first kappa shape index (κ1) is 27.8. The van der Waals surface area contributed by atoms with Gasteiger partial charge in [0.2, 0.25) is 5.78 Å². The number of phenols is 1. The Morgan fingerprint density at radius 2 is 1.84 bits per heavy atom. The van der Waals surface area contributed by atoms with Crippen LogP contribution in [0.2, 0.25) is 0 Å². The second kappa shape index (κ2) is 9.83. The Balaban J connectivity index is 1.87. The number of aliphatic hydroxyl groups excluding tert-OH is 2. The molecule has 0 bridgehead atoms. The lowest BCUT2D eigenvalue weighted by Crippen LogP contribution is -2.63. The number of Topliss-reactive ketones (excluding diaryl/α,β-unsaturated/α-hetero) is 2. The van der Waals surface area contributed by atoms with Crippen LogP contribution in [0.5, 0.6) is 5.75 Å². The minimum atomic E-state index is -2.63. The maximum Gasteiger partial charge on any atom is 0.255 e.